The van der Waals surface area contributed by atoms with E-state index >= 15 is 0 Å². The van der Waals surface area contributed by atoms with E-state index in [0.717, 1.165) is 48.1 Å². The Balaban J connectivity index is 1.86. The Morgan fingerprint density at radius 2 is 2.00 bits per heavy atom. The van der Waals surface area contributed by atoms with Crippen molar-refractivity contribution in [1.82, 2.24) is 4.98 Å². The number of carbonyl (C=O) groups excluding carboxylic acids is 1. The predicted molar refractivity (Wildman–Crippen MR) is 99.4 cm³/mol. The van der Waals surface area contributed by atoms with E-state index in [0.29, 0.717) is 10.6 Å². The maximum Gasteiger partial charge on any atom is 0.169 e. The lowest BCUT2D eigenvalue weighted by atomic mass is 9.81. The molecular weight excluding hydrogens is 334 g/mol. The number of aliphatic hydroxyl groups is 1. The summed E-state index contributed by atoms with van der Waals surface area (Å²) in [5.41, 5.74) is 4.20. The minimum atomic E-state index is 0.0675. The highest BCUT2D eigenvalue weighted by atomic mass is 35.5. The van der Waals surface area contributed by atoms with Crippen molar-refractivity contribution in [2.45, 2.75) is 32.6 Å². The molecule has 25 heavy (non-hydrogen) atoms. The molecule has 0 aliphatic heterocycles. The molecular formula is C21H20ClNO2. The number of nitrogens with zero attached hydrogens (tertiary/aromatic N) is 1. The fraction of sp³-hybridized carbons (Fsp3) is 0.333. The second-order valence-electron chi connectivity index (χ2n) is 6.92. The molecule has 4 rings (SSSR count). The number of fused-ring (bicyclic) bond motifs is 2. The van der Waals surface area contributed by atoms with E-state index in [1.54, 1.807) is 12.3 Å². The van der Waals surface area contributed by atoms with E-state index in [4.69, 9.17) is 11.6 Å². The van der Waals surface area contributed by atoms with Gasteiger partial charge in [-0.2, -0.15) is 0 Å². The van der Waals surface area contributed by atoms with Crippen molar-refractivity contribution in [1.29, 1.82) is 0 Å². The molecule has 4 heteroatoms. The van der Waals surface area contributed by atoms with Gasteiger partial charge in [0, 0.05) is 23.6 Å². The Kier molecular flexibility index (Phi) is 4.12. The molecule has 2 bridgehead atoms. The number of ketones is 1. The zero-order chi connectivity index (χ0) is 17.6. The minimum absolute atomic E-state index is 0.0675. The molecule has 0 spiro atoms. The first-order chi connectivity index (χ1) is 12.1. The van der Waals surface area contributed by atoms with Crippen LogP contribution < -0.4 is 0 Å². The van der Waals surface area contributed by atoms with Gasteiger partial charge in [-0.3, -0.25) is 9.78 Å². The number of halogens is 1. The number of Topliss-reactive ketones (excluding diaryl/α,β-unsaturated/α-hetero) is 1. The maximum absolute atomic E-state index is 12.9. The predicted octanol–water partition coefficient (Wildman–Crippen LogP) is 5.23. The van der Waals surface area contributed by atoms with Crippen LogP contribution in [0.4, 0.5) is 0 Å². The van der Waals surface area contributed by atoms with Crippen LogP contribution in [-0.2, 0) is 11.2 Å². The number of aryl methyl sites for hydroxylation is 1. The number of rotatable bonds is 3. The van der Waals surface area contributed by atoms with Crippen LogP contribution in [0.15, 0.2) is 42.3 Å². The molecule has 1 aromatic carbocycles. The highest BCUT2D eigenvalue weighted by molar-refractivity contribution is 6.30. The summed E-state index contributed by atoms with van der Waals surface area (Å²) in [6.07, 6.45) is 5.02. The monoisotopic (exact) mass is 353 g/mol. The van der Waals surface area contributed by atoms with Crippen molar-refractivity contribution in [3.8, 4) is 11.3 Å². The molecule has 2 unspecified atom stereocenters. The van der Waals surface area contributed by atoms with Gasteiger partial charge in [0.1, 0.15) is 5.76 Å². The van der Waals surface area contributed by atoms with Crippen molar-refractivity contribution in [3.05, 3.63) is 58.4 Å². The molecule has 1 N–H and O–H groups in total. The van der Waals surface area contributed by atoms with E-state index in [1.165, 1.54) is 0 Å². The van der Waals surface area contributed by atoms with Gasteiger partial charge in [0.15, 0.2) is 5.78 Å². The molecule has 2 atom stereocenters. The number of benzene rings is 1. The average molecular weight is 354 g/mol. The smallest absolute Gasteiger partial charge is 0.169 e. The molecule has 1 aromatic heterocycles. The largest absolute Gasteiger partial charge is 0.511 e. The van der Waals surface area contributed by atoms with Gasteiger partial charge in [0.2, 0.25) is 0 Å². The third-order valence-corrected chi connectivity index (χ3v) is 5.70. The Morgan fingerprint density at radius 1 is 1.20 bits per heavy atom. The van der Waals surface area contributed by atoms with Gasteiger partial charge in [-0.25, -0.2) is 0 Å². The lowest BCUT2D eigenvalue weighted by Crippen LogP contribution is -2.22. The van der Waals surface area contributed by atoms with Gasteiger partial charge >= 0.3 is 0 Å². The quantitative estimate of drug-likeness (QED) is 0.821. The number of aliphatic hydroxyl groups excluding tert-OH is 1. The van der Waals surface area contributed by atoms with Crippen molar-refractivity contribution in [2.24, 2.45) is 11.8 Å². The zero-order valence-corrected chi connectivity index (χ0v) is 14.9. The summed E-state index contributed by atoms with van der Waals surface area (Å²) in [4.78, 5) is 17.3. The zero-order valence-electron chi connectivity index (χ0n) is 14.1. The van der Waals surface area contributed by atoms with Crippen LogP contribution in [0.3, 0.4) is 0 Å². The van der Waals surface area contributed by atoms with Crippen LogP contribution in [0.25, 0.3) is 16.8 Å². The summed E-state index contributed by atoms with van der Waals surface area (Å²) in [5.74, 6) is 0.592. The van der Waals surface area contributed by atoms with Crippen LogP contribution >= 0.6 is 11.6 Å². The normalized spacial score (nSPS) is 22.6. The third-order valence-electron chi connectivity index (χ3n) is 5.48. The lowest BCUT2D eigenvalue weighted by molar-refractivity contribution is -0.117. The number of allylic oxidation sites excluding steroid dienone is 2. The number of hydrogen-bond acceptors (Lipinski definition) is 3. The summed E-state index contributed by atoms with van der Waals surface area (Å²) in [6, 6.07) is 9.71. The minimum Gasteiger partial charge on any atom is -0.511 e. The molecule has 0 saturated heterocycles. The van der Waals surface area contributed by atoms with Gasteiger partial charge < -0.3 is 5.11 Å². The van der Waals surface area contributed by atoms with Crippen molar-refractivity contribution in [2.75, 3.05) is 0 Å². The van der Waals surface area contributed by atoms with Crippen LogP contribution in [0.2, 0.25) is 5.02 Å². The average Bonchev–Trinajstić information content (AvgIpc) is 3.08. The number of pyridine rings is 1. The van der Waals surface area contributed by atoms with E-state index in [-0.39, 0.29) is 23.4 Å². The Bertz CT molecular complexity index is 870. The second kappa shape index (κ2) is 6.30. The van der Waals surface area contributed by atoms with Gasteiger partial charge in [0.05, 0.1) is 16.3 Å². The molecule has 0 amide bonds. The van der Waals surface area contributed by atoms with Crippen molar-refractivity contribution < 1.29 is 9.90 Å². The molecule has 1 saturated carbocycles. The summed E-state index contributed by atoms with van der Waals surface area (Å²) in [6.45, 7) is 2.07. The van der Waals surface area contributed by atoms with Gasteiger partial charge in [-0.05, 0) is 55.0 Å². The number of aromatic nitrogens is 1. The van der Waals surface area contributed by atoms with E-state index in [1.807, 2.05) is 24.3 Å². The third kappa shape index (κ3) is 2.77. The Labute approximate surface area is 152 Å². The van der Waals surface area contributed by atoms with Gasteiger partial charge in [-0.1, -0.05) is 30.7 Å². The number of hydrogen-bond donors (Lipinski definition) is 1. The molecule has 3 nitrogen and oxygen atoms in total. The number of carbonyl (C=O) groups is 1. The SMILES string of the molecule is CCc1ccc(-c2ccc(Cl)cn2)cc1C1=C(O)C2CCC(C2)C1=O. The first-order valence-electron chi connectivity index (χ1n) is 8.81. The summed E-state index contributed by atoms with van der Waals surface area (Å²) >= 11 is 5.93. The summed E-state index contributed by atoms with van der Waals surface area (Å²) < 4.78 is 0. The van der Waals surface area contributed by atoms with E-state index < -0.39 is 0 Å². The highest BCUT2D eigenvalue weighted by Crippen LogP contribution is 2.46. The van der Waals surface area contributed by atoms with Gasteiger partial charge in [-0.15, -0.1) is 0 Å². The van der Waals surface area contributed by atoms with Crippen LogP contribution in [0, 0.1) is 11.8 Å². The molecule has 2 aliphatic rings. The molecule has 2 aromatic rings. The molecule has 1 fully saturated rings. The lowest BCUT2D eigenvalue weighted by Gasteiger charge is -2.23. The maximum atomic E-state index is 12.9. The Hall–Kier alpha value is -2.13. The molecule has 0 radical (unpaired) electrons. The highest BCUT2D eigenvalue weighted by Gasteiger charge is 2.41. The van der Waals surface area contributed by atoms with Crippen LogP contribution in [-0.4, -0.2) is 15.9 Å². The van der Waals surface area contributed by atoms with Crippen molar-refractivity contribution in [3.63, 3.8) is 0 Å². The Morgan fingerprint density at radius 3 is 2.72 bits per heavy atom. The molecule has 2 aliphatic carbocycles. The van der Waals surface area contributed by atoms with Crippen molar-refractivity contribution >= 4 is 23.0 Å². The van der Waals surface area contributed by atoms with Crippen LogP contribution in [0.1, 0.15) is 37.3 Å². The van der Waals surface area contributed by atoms with E-state index in [2.05, 4.69) is 11.9 Å². The summed E-state index contributed by atoms with van der Waals surface area (Å²) in [5, 5.41) is 11.3. The second-order valence-corrected chi connectivity index (χ2v) is 7.35. The standard InChI is InChI=1S/C21H20ClNO2/c1-2-12-3-4-13(18-8-7-16(22)11-23-18)10-17(12)19-20(24)14-5-6-15(9-14)21(19)25/h3-4,7-8,10-11,14-15,24H,2,5-6,9H2,1H3. The van der Waals surface area contributed by atoms with Gasteiger partial charge in [0.25, 0.3) is 0 Å². The fourth-order valence-electron chi connectivity index (χ4n) is 4.10. The molecule has 128 valence electrons. The first-order valence-corrected chi connectivity index (χ1v) is 9.18. The van der Waals surface area contributed by atoms with Crippen LogP contribution in [0.5, 0.6) is 0 Å². The molecule has 1 heterocycles. The fourth-order valence-corrected chi connectivity index (χ4v) is 4.21. The summed E-state index contributed by atoms with van der Waals surface area (Å²) in [7, 11) is 0. The first kappa shape index (κ1) is 16.3. The van der Waals surface area contributed by atoms with E-state index in [9.17, 15) is 9.90 Å². The topological polar surface area (TPSA) is 50.2 Å².